The second kappa shape index (κ2) is 5.77. The van der Waals surface area contributed by atoms with Crippen molar-refractivity contribution in [3.8, 4) is 0 Å². The molecule has 4 nitrogen and oxygen atoms in total. The van der Waals surface area contributed by atoms with Crippen LogP contribution in [0, 0.1) is 5.82 Å². The molecular formula is C16H12ClFN2O2. The molecule has 1 heterocycles. The summed E-state index contributed by atoms with van der Waals surface area (Å²) < 4.78 is 13.3. The van der Waals surface area contributed by atoms with E-state index in [1.807, 2.05) is 0 Å². The molecule has 3 rings (SSSR count). The van der Waals surface area contributed by atoms with Crippen molar-refractivity contribution in [2.24, 2.45) is 0 Å². The third kappa shape index (κ3) is 2.67. The van der Waals surface area contributed by atoms with E-state index in [9.17, 15) is 14.0 Å². The number of para-hydroxylation sites is 1. The minimum Gasteiger partial charge on any atom is -0.372 e. The molecule has 0 bridgehead atoms. The van der Waals surface area contributed by atoms with E-state index in [-0.39, 0.29) is 18.0 Å². The van der Waals surface area contributed by atoms with E-state index in [4.69, 9.17) is 11.6 Å². The molecule has 1 atom stereocenters. The smallest absolute Gasteiger partial charge is 0.256 e. The number of carbonyl (C=O) groups is 2. The fourth-order valence-electron chi connectivity index (χ4n) is 2.40. The molecule has 2 aromatic rings. The number of rotatable bonds is 3. The Kier molecular flexibility index (Phi) is 3.81. The maximum Gasteiger partial charge on any atom is 0.256 e. The highest BCUT2D eigenvalue weighted by molar-refractivity contribution is 6.33. The monoisotopic (exact) mass is 318 g/mol. The van der Waals surface area contributed by atoms with Crippen LogP contribution in [-0.4, -0.2) is 17.9 Å². The second-order valence-corrected chi connectivity index (χ2v) is 5.34. The third-order valence-electron chi connectivity index (χ3n) is 3.42. The van der Waals surface area contributed by atoms with Gasteiger partial charge in [-0.25, -0.2) is 9.29 Å². The minimum absolute atomic E-state index is 0.000565. The summed E-state index contributed by atoms with van der Waals surface area (Å²) in [6, 6.07) is 11.7. The van der Waals surface area contributed by atoms with Gasteiger partial charge < -0.3 is 5.32 Å². The van der Waals surface area contributed by atoms with Crippen molar-refractivity contribution in [1.29, 1.82) is 0 Å². The highest BCUT2D eigenvalue weighted by Crippen LogP contribution is 2.27. The molecule has 0 aromatic heterocycles. The summed E-state index contributed by atoms with van der Waals surface area (Å²) in [6.07, 6.45) is 0.000565. The van der Waals surface area contributed by atoms with Gasteiger partial charge in [0.05, 0.1) is 22.8 Å². The number of anilines is 2. The van der Waals surface area contributed by atoms with Crippen molar-refractivity contribution in [1.82, 2.24) is 0 Å². The molecule has 112 valence electrons. The van der Waals surface area contributed by atoms with Crippen LogP contribution in [0.1, 0.15) is 6.42 Å². The largest absolute Gasteiger partial charge is 0.372 e. The Morgan fingerprint density at radius 1 is 1.14 bits per heavy atom. The van der Waals surface area contributed by atoms with Gasteiger partial charge in [-0.15, -0.1) is 0 Å². The summed E-state index contributed by atoms with van der Waals surface area (Å²) >= 11 is 6.04. The van der Waals surface area contributed by atoms with Crippen molar-refractivity contribution in [2.45, 2.75) is 12.5 Å². The summed E-state index contributed by atoms with van der Waals surface area (Å²) in [5.74, 6) is -1.30. The zero-order valence-corrected chi connectivity index (χ0v) is 12.2. The predicted octanol–water partition coefficient (Wildman–Crippen LogP) is 3.22. The average Bonchev–Trinajstić information content (AvgIpc) is 2.76. The van der Waals surface area contributed by atoms with Gasteiger partial charge in [0.25, 0.3) is 5.91 Å². The summed E-state index contributed by atoms with van der Waals surface area (Å²) in [7, 11) is 0. The van der Waals surface area contributed by atoms with Crippen LogP contribution in [0.5, 0.6) is 0 Å². The van der Waals surface area contributed by atoms with Crippen molar-refractivity contribution in [3.05, 3.63) is 59.4 Å². The SMILES string of the molecule is O=C1CC(Nc2ccccc2Cl)C(=O)N1c1cccc(F)c1. The number of benzene rings is 2. The van der Waals surface area contributed by atoms with E-state index >= 15 is 0 Å². The van der Waals surface area contributed by atoms with Crippen molar-refractivity contribution in [2.75, 3.05) is 10.2 Å². The van der Waals surface area contributed by atoms with Gasteiger partial charge in [0.1, 0.15) is 11.9 Å². The predicted molar refractivity (Wildman–Crippen MR) is 82.4 cm³/mol. The Balaban J connectivity index is 1.84. The first-order valence-corrected chi connectivity index (χ1v) is 7.07. The number of hydrogen-bond acceptors (Lipinski definition) is 3. The molecule has 6 heteroatoms. The van der Waals surface area contributed by atoms with Crippen LogP contribution < -0.4 is 10.2 Å². The van der Waals surface area contributed by atoms with E-state index in [2.05, 4.69) is 5.32 Å². The lowest BCUT2D eigenvalue weighted by molar-refractivity contribution is -0.121. The van der Waals surface area contributed by atoms with Crippen LogP contribution in [-0.2, 0) is 9.59 Å². The lowest BCUT2D eigenvalue weighted by atomic mass is 10.2. The fourth-order valence-corrected chi connectivity index (χ4v) is 2.59. The molecule has 0 radical (unpaired) electrons. The van der Waals surface area contributed by atoms with Gasteiger partial charge in [0, 0.05) is 0 Å². The first kappa shape index (κ1) is 14.5. The topological polar surface area (TPSA) is 49.4 Å². The third-order valence-corrected chi connectivity index (χ3v) is 3.75. The molecular weight excluding hydrogens is 307 g/mol. The lowest BCUT2D eigenvalue weighted by Gasteiger charge is -2.16. The van der Waals surface area contributed by atoms with Gasteiger partial charge in [-0.1, -0.05) is 29.8 Å². The van der Waals surface area contributed by atoms with E-state index in [1.54, 1.807) is 24.3 Å². The van der Waals surface area contributed by atoms with Crippen LogP contribution in [0.15, 0.2) is 48.5 Å². The van der Waals surface area contributed by atoms with Crippen LogP contribution in [0.4, 0.5) is 15.8 Å². The van der Waals surface area contributed by atoms with Gasteiger partial charge in [0.2, 0.25) is 5.91 Å². The van der Waals surface area contributed by atoms with E-state index in [0.29, 0.717) is 10.7 Å². The minimum atomic E-state index is -0.712. The number of carbonyl (C=O) groups excluding carboxylic acids is 2. The fraction of sp³-hybridized carbons (Fsp3) is 0.125. The van der Waals surface area contributed by atoms with Gasteiger partial charge >= 0.3 is 0 Å². The van der Waals surface area contributed by atoms with E-state index in [0.717, 1.165) is 11.0 Å². The first-order valence-electron chi connectivity index (χ1n) is 6.69. The highest BCUT2D eigenvalue weighted by Gasteiger charge is 2.39. The molecule has 0 aliphatic carbocycles. The Morgan fingerprint density at radius 3 is 2.64 bits per heavy atom. The summed E-state index contributed by atoms with van der Waals surface area (Å²) in [6.45, 7) is 0. The van der Waals surface area contributed by atoms with Crippen LogP contribution in [0.25, 0.3) is 0 Å². The number of halogens is 2. The number of hydrogen-bond donors (Lipinski definition) is 1. The number of imide groups is 1. The van der Waals surface area contributed by atoms with Crippen LogP contribution in [0.3, 0.4) is 0 Å². The normalized spacial score (nSPS) is 17.9. The standard InChI is InChI=1S/C16H12ClFN2O2/c17-12-6-1-2-7-13(12)19-14-9-15(21)20(16(14)22)11-5-3-4-10(18)8-11/h1-8,14,19H,9H2. The number of nitrogens with one attached hydrogen (secondary N) is 1. The molecule has 1 N–H and O–H groups in total. The van der Waals surface area contributed by atoms with Gasteiger partial charge in [-0.05, 0) is 30.3 Å². The molecule has 1 saturated heterocycles. The second-order valence-electron chi connectivity index (χ2n) is 4.93. The molecule has 1 aliphatic rings. The summed E-state index contributed by atoms with van der Waals surface area (Å²) in [5, 5.41) is 3.43. The molecule has 0 spiro atoms. The molecule has 0 saturated carbocycles. The van der Waals surface area contributed by atoms with Gasteiger partial charge in [-0.2, -0.15) is 0 Å². The van der Waals surface area contributed by atoms with Crippen LogP contribution in [0.2, 0.25) is 5.02 Å². The Bertz CT molecular complexity index is 750. The van der Waals surface area contributed by atoms with Crippen molar-refractivity contribution in [3.63, 3.8) is 0 Å². The quantitative estimate of drug-likeness (QED) is 0.884. The summed E-state index contributed by atoms with van der Waals surface area (Å²) in [4.78, 5) is 25.5. The summed E-state index contributed by atoms with van der Waals surface area (Å²) in [5.41, 5.74) is 0.815. The molecule has 1 aliphatic heterocycles. The molecule has 1 fully saturated rings. The Morgan fingerprint density at radius 2 is 1.91 bits per heavy atom. The van der Waals surface area contributed by atoms with E-state index in [1.165, 1.54) is 18.2 Å². The van der Waals surface area contributed by atoms with Gasteiger partial charge in [-0.3, -0.25) is 9.59 Å². The Labute approximate surface area is 131 Å². The zero-order chi connectivity index (χ0) is 15.7. The van der Waals surface area contributed by atoms with Crippen molar-refractivity contribution >= 4 is 34.8 Å². The van der Waals surface area contributed by atoms with E-state index < -0.39 is 17.8 Å². The molecule has 2 aromatic carbocycles. The van der Waals surface area contributed by atoms with Crippen LogP contribution >= 0.6 is 11.6 Å². The molecule has 1 unspecified atom stereocenters. The number of amides is 2. The molecule has 22 heavy (non-hydrogen) atoms. The lowest BCUT2D eigenvalue weighted by Crippen LogP contribution is -2.34. The molecule has 2 amide bonds. The maximum absolute atomic E-state index is 13.3. The maximum atomic E-state index is 13.3. The number of nitrogens with zero attached hydrogens (tertiary/aromatic N) is 1. The Hall–Kier alpha value is -2.40. The highest BCUT2D eigenvalue weighted by atomic mass is 35.5. The average molecular weight is 319 g/mol. The van der Waals surface area contributed by atoms with Crippen molar-refractivity contribution < 1.29 is 14.0 Å². The van der Waals surface area contributed by atoms with Gasteiger partial charge in [0.15, 0.2) is 0 Å². The first-order chi connectivity index (χ1) is 10.6. The zero-order valence-electron chi connectivity index (χ0n) is 11.4.